The second kappa shape index (κ2) is 8.69. The van der Waals surface area contributed by atoms with Crippen molar-refractivity contribution in [1.29, 1.82) is 0 Å². The van der Waals surface area contributed by atoms with Crippen LogP contribution in [0.25, 0.3) is 0 Å². The van der Waals surface area contributed by atoms with Crippen LogP contribution in [0.2, 0.25) is 0 Å². The van der Waals surface area contributed by atoms with Crippen molar-refractivity contribution in [3.63, 3.8) is 0 Å². The minimum Gasteiger partial charge on any atom is -0.377 e. The molecular weight excluding hydrogens is 346 g/mol. The summed E-state index contributed by atoms with van der Waals surface area (Å²) in [5.41, 5.74) is 0.673. The van der Waals surface area contributed by atoms with E-state index in [0.717, 1.165) is 32.3 Å². The third-order valence-corrected chi connectivity index (χ3v) is 6.02. The first-order valence-corrected chi connectivity index (χ1v) is 9.90. The van der Waals surface area contributed by atoms with Crippen molar-refractivity contribution in [3.8, 4) is 0 Å². The Labute approximate surface area is 160 Å². The molecular formula is C20H29N3O4. The number of hydrogen-bond donors (Lipinski definition) is 2. The van der Waals surface area contributed by atoms with E-state index < -0.39 is 4.92 Å². The fraction of sp³-hybridized carbons (Fsp3) is 0.650. The molecule has 1 aromatic rings. The largest absolute Gasteiger partial charge is 0.377 e. The second-order valence-electron chi connectivity index (χ2n) is 7.85. The van der Waals surface area contributed by atoms with Crippen molar-refractivity contribution in [2.45, 2.75) is 58.1 Å². The van der Waals surface area contributed by atoms with Gasteiger partial charge in [-0.2, -0.15) is 0 Å². The molecule has 27 heavy (non-hydrogen) atoms. The first kappa shape index (κ1) is 19.6. The van der Waals surface area contributed by atoms with E-state index in [4.69, 9.17) is 4.74 Å². The van der Waals surface area contributed by atoms with Gasteiger partial charge < -0.3 is 15.4 Å². The maximum atomic E-state index is 12.6. The first-order chi connectivity index (χ1) is 13.0. The fourth-order valence-corrected chi connectivity index (χ4v) is 4.04. The summed E-state index contributed by atoms with van der Waals surface area (Å²) in [6.07, 6.45) is 5.31. The van der Waals surface area contributed by atoms with Crippen molar-refractivity contribution in [2.75, 3.05) is 18.5 Å². The van der Waals surface area contributed by atoms with Crippen LogP contribution in [0.15, 0.2) is 18.2 Å². The Balaban J connectivity index is 1.68. The highest BCUT2D eigenvalue weighted by Gasteiger charge is 2.29. The molecule has 0 radical (unpaired) electrons. The van der Waals surface area contributed by atoms with E-state index in [1.54, 1.807) is 12.1 Å². The third-order valence-electron chi connectivity index (χ3n) is 6.02. The Morgan fingerprint density at radius 1 is 1.26 bits per heavy atom. The smallest absolute Gasteiger partial charge is 0.293 e. The minimum absolute atomic E-state index is 0.0780. The van der Waals surface area contributed by atoms with E-state index in [1.807, 2.05) is 0 Å². The van der Waals surface area contributed by atoms with Crippen LogP contribution in [0.3, 0.4) is 0 Å². The van der Waals surface area contributed by atoms with Crippen molar-refractivity contribution in [3.05, 3.63) is 33.9 Å². The van der Waals surface area contributed by atoms with Gasteiger partial charge in [0.25, 0.3) is 11.6 Å². The number of nitro benzene ring substituents is 1. The third kappa shape index (κ3) is 4.77. The Hall–Kier alpha value is -2.15. The van der Waals surface area contributed by atoms with Gasteiger partial charge in [-0.25, -0.2) is 0 Å². The van der Waals surface area contributed by atoms with Gasteiger partial charge in [-0.3, -0.25) is 14.9 Å². The van der Waals surface area contributed by atoms with Gasteiger partial charge in [-0.05, 0) is 43.2 Å². The van der Waals surface area contributed by atoms with E-state index >= 15 is 0 Å². The first-order valence-electron chi connectivity index (χ1n) is 9.90. The number of anilines is 1. The Morgan fingerprint density at radius 2 is 2.07 bits per heavy atom. The average molecular weight is 375 g/mol. The van der Waals surface area contributed by atoms with Gasteiger partial charge in [0.2, 0.25) is 0 Å². The molecule has 4 unspecified atom stereocenters. The van der Waals surface area contributed by atoms with Crippen LogP contribution in [-0.4, -0.2) is 36.1 Å². The zero-order chi connectivity index (χ0) is 19.4. The summed E-state index contributed by atoms with van der Waals surface area (Å²) in [6.45, 7) is 5.65. The van der Waals surface area contributed by atoms with Crippen molar-refractivity contribution < 1.29 is 14.5 Å². The van der Waals surface area contributed by atoms with Crippen LogP contribution in [0, 0.1) is 22.0 Å². The van der Waals surface area contributed by atoms with E-state index in [-0.39, 0.29) is 23.7 Å². The summed E-state index contributed by atoms with van der Waals surface area (Å²) in [5, 5.41) is 17.7. The van der Waals surface area contributed by atoms with Crippen LogP contribution in [0.1, 0.15) is 56.3 Å². The number of nitro groups is 1. The van der Waals surface area contributed by atoms with Gasteiger partial charge in [-0.15, -0.1) is 0 Å². The topological polar surface area (TPSA) is 93.5 Å². The molecule has 2 fully saturated rings. The zero-order valence-corrected chi connectivity index (χ0v) is 16.1. The molecule has 1 aliphatic heterocycles. The second-order valence-corrected chi connectivity index (χ2v) is 7.85. The number of amides is 1. The highest BCUT2D eigenvalue weighted by molar-refractivity contribution is 5.96. The molecule has 2 aliphatic rings. The minimum atomic E-state index is -0.445. The molecule has 1 saturated heterocycles. The molecule has 0 spiro atoms. The predicted molar refractivity (Wildman–Crippen MR) is 104 cm³/mol. The maximum absolute atomic E-state index is 12.6. The van der Waals surface area contributed by atoms with Crippen LogP contribution >= 0.6 is 0 Å². The van der Waals surface area contributed by atoms with E-state index in [2.05, 4.69) is 24.5 Å². The summed E-state index contributed by atoms with van der Waals surface area (Å²) in [5.74, 6) is 0.738. The van der Waals surface area contributed by atoms with E-state index in [0.29, 0.717) is 29.6 Å². The normalized spacial score (nSPS) is 27.9. The van der Waals surface area contributed by atoms with Gasteiger partial charge in [-0.1, -0.05) is 26.7 Å². The maximum Gasteiger partial charge on any atom is 0.293 e. The van der Waals surface area contributed by atoms with Gasteiger partial charge in [0.1, 0.15) is 5.69 Å². The molecule has 1 heterocycles. The molecule has 1 amide bonds. The lowest BCUT2D eigenvalue weighted by atomic mass is 9.78. The van der Waals surface area contributed by atoms with Crippen molar-refractivity contribution in [2.24, 2.45) is 11.8 Å². The number of carbonyl (C=O) groups is 1. The Kier molecular flexibility index (Phi) is 6.31. The summed E-state index contributed by atoms with van der Waals surface area (Å²) in [6, 6.07) is 4.76. The summed E-state index contributed by atoms with van der Waals surface area (Å²) < 4.78 is 5.54. The van der Waals surface area contributed by atoms with Gasteiger partial charge in [0.15, 0.2) is 0 Å². The lowest BCUT2D eigenvalue weighted by Crippen LogP contribution is -2.43. The highest BCUT2D eigenvalue weighted by atomic mass is 16.6. The standard InChI is InChI=1S/C20H29N3O4/c1-13-5-3-7-17(14(13)2)22-20(24)15-8-9-18(19(11-15)23(25)26)21-12-16-6-4-10-27-16/h8-9,11,13-14,16-17,21H,3-7,10,12H2,1-2H3,(H,22,24). The summed E-state index contributed by atoms with van der Waals surface area (Å²) in [7, 11) is 0. The fourth-order valence-electron chi connectivity index (χ4n) is 4.04. The molecule has 1 aromatic carbocycles. The van der Waals surface area contributed by atoms with E-state index in [1.165, 1.54) is 12.5 Å². The van der Waals surface area contributed by atoms with Crippen molar-refractivity contribution >= 4 is 17.3 Å². The Bertz CT molecular complexity index is 688. The number of benzene rings is 1. The summed E-state index contributed by atoms with van der Waals surface area (Å²) in [4.78, 5) is 23.7. The van der Waals surface area contributed by atoms with Crippen LogP contribution in [0.5, 0.6) is 0 Å². The number of rotatable bonds is 6. The highest BCUT2D eigenvalue weighted by Crippen LogP contribution is 2.30. The number of ether oxygens (including phenoxy) is 1. The number of hydrogen-bond acceptors (Lipinski definition) is 5. The molecule has 3 rings (SSSR count). The molecule has 148 valence electrons. The monoisotopic (exact) mass is 375 g/mol. The van der Waals surface area contributed by atoms with Gasteiger partial charge in [0, 0.05) is 30.8 Å². The lowest BCUT2D eigenvalue weighted by Gasteiger charge is -2.34. The molecule has 0 aromatic heterocycles. The van der Waals surface area contributed by atoms with Crippen LogP contribution in [0.4, 0.5) is 11.4 Å². The molecule has 1 aliphatic carbocycles. The van der Waals surface area contributed by atoms with Crippen LogP contribution < -0.4 is 10.6 Å². The molecule has 7 heteroatoms. The SMILES string of the molecule is CC1CCCC(NC(=O)c2ccc(NCC3CCCO3)c([N+](=O)[O-])c2)C1C. The lowest BCUT2D eigenvalue weighted by molar-refractivity contribution is -0.384. The molecule has 7 nitrogen and oxygen atoms in total. The zero-order valence-electron chi connectivity index (χ0n) is 16.1. The Morgan fingerprint density at radius 3 is 2.78 bits per heavy atom. The van der Waals surface area contributed by atoms with E-state index in [9.17, 15) is 14.9 Å². The van der Waals surface area contributed by atoms with Crippen molar-refractivity contribution in [1.82, 2.24) is 5.32 Å². The average Bonchev–Trinajstić information content (AvgIpc) is 3.17. The van der Waals surface area contributed by atoms with Gasteiger partial charge >= 0.3 is 0 Å². The summed E-state index contributed by atoms with van der Waals surface area (Å²) >= 11 is 0. The van der Waals surface area contributed by atoms with Crippen LogP contribution in [-0.2, 0) is 4.74 Å². The number of nitrogens with one attached hydrogen (secondary N) is 2. The van der Waals surface area contributed by atoms with Gasteiger partial charge in [0.05, 0.1) is 11.0 Å². The molecule has 4 atom stereocenters. The molecule has 0 bridgehead atoms. The molecule has 2 N–H and O–H groups in total. The molecule has 1 saturated carbocycles. The quantitative estimate of drug-likeness (QED) is 0.583. The number of carbonyl (C=O) groups excluding carboxylic acids is 1. The predicted octanol–water partition coefficient (Wildman–Crippen LogP) is 3.74. The number of nitrogens with zero attached hydrogens (tertiary/aromatic N) is 1.